The first-order valence-corrected chi connectivity index (χ1v) is 9.50. The van der Waals surface area contributed by atoms with Crippen molar-refractivity contribution >= 4 is 11.9 Å². The third kappa shape index (κ3) is 14.3. The standard InChI is InChI=1S/C20H36O4/c1-4-5-6-7-8-9-10-11-12-13-14-18(15-19(21)22)20(23)24-16-17(2)3/h13-14,17-18H,4-12,15-16H2,1-3H3,(H,21,22)/p-1. The molecular formula is C20H35O4-. The highest BCUT2D eigenvalue weighted by Gasteiger charge is 2.17. The molecule has 0 aromatic rings. The molecule has 0 amide bonds. The lowest BCUT2D eigenvalue weighted by Gasteiger charge is -2.14. The van der Waals surface area contributed by atoms with E-state index in [1.165, 1.54) is 44.9 Å². The molecule has 0 radical (unpaired) electrons. The summed E-state index contributed by atoms with van der Waals surface area (Å²) in [4.78, 5) is 22.7. The van der Waals surface area contributed by atoms with Gasteiger partial charge in [-0.25, -0.2) is 0 Å². The quantitative estimate of drug-likeness (QED) is 0.257. The Labute approximate surface area is 147 Å². The highest BCUT2D eigenvalue weighted by atomic mass is 16.5. The number of esters is 1. The fraction of sp³-hybridized carbons (Fsp3) is 0.800. The Balaban J connectivity index is 3.96. The first-order chi connectivity index (χ1) is 11.5. The maximum absolute atomic E-state index is 11.9. The van der Waals surface area contributed by atoms with Crippen LogP contribution in [0.4, 0.5) is 0 Å². The average molecular weight is 339 g/mol. The van der Waals surface area contributed by atoms with Crippen LogP contribution >= 0.6 is 0 Å². The van der Waals surface area contributed by atoms with Gasteiger partial charge in [0.05, 0.1) is 12.5 Å². The molecule has 0 saturated carbocycles. The molecule has 0 aliphatic carbocycles. The van der Waals surface area contributed by atoms with E-state index >= 15 is 0 Å². The minimum absolute atomic E-state index is 0.235. The molecular weight excluding hydrogens is 304 g/mol. The Kier molecular flexibility index (Phi) is 14.4. The van der Waals surface area contributed by atoms with Crippen molar-refractivity contribution in [3.63, 3.8) is 0 Å². The summed E-state index contributed by atoms with van der Waals surface area (Å²) in [7, 11) is 0. The first-order valence-electron chi connectivity index (χ1n) is 9.50. The molecule has 0 aromatic carbocycles. The lowest BCUT2D eigenvalue weighted by molar-refractivity contribution is -0.306. The van der Waals surface area contributed by atoms with Crippen LogP contribution in [0.3, 0.4) is 0 Å². The Morgan fingerprint density at radius 3 is 2.12 bits per heavy atom. The Bertz CT molecular complexity index is 361. The van der Waals surface area contributed by atoms with Gasteiger partial charge in [-0.1, -0.05) is 77.9 Å². The predicted molar refractivity (Wildman–Crippen MR) is 95.3 cm³/mol. The fourth-order valence-corrected chi connectivity index (χ4v) is 2.42. The zero-order valence-electron chi connectivity index (χ0n) is 15.7. The molecule has 0 saturated heterocycles. The first kappa shape index (κ1) is 22.7. The van der Waals surface area contributed by atoms with Crippen LogP contribution in [0.5, 0.6) is 0 Å². The van der Waals surface area contributed by atoms with Gasteiger partial charge in [0.25, 0.3) is 0 Å². The predicted octanol–water partition coefficient (Wildman–Crippen LogP) is 4.03. The Morgan fingerprint density at radius 1 is 1.00 bits per heavy atom. The van der Waals surface area contributed by atoms with Gasteiger partial charge in [-0.3, -0.25) is 4.79 Å². The van der Waals surface area contributed by atoms with Crippen molar-refractivity contribution in [3.05, 3.63) is 12.2 Å². The number of hydrogen-bond donors (Lipinski definition) is 0. The van der Waals surface area contributed by atoms with E-state index < -0.39 is 17.9 Å². The number of aliphatic carboxylic acids is 1. The van der Waals surface area contributed by atoms with Crippen molar-refractivity contribution < 1.29 is 19.4 Å². The number of carboxylic acid groups (broad SMARTS) is 1. The number of unbranched alkanes of at least 4 members (excludes halogenated alkanes) is 8. The van der Waals surface area contributed by atoms with Crippen LogP contribution in [0.1, 0.15) is 85.0 Å². The fourth-order valence-electron chi connectivity index (χ4n) is 2.42. The molecule has 0 aliphatic heterocycles. The van der Waals surface area contributed by atoms with Gasteiger partial charge in [-0.05, 0) is 18.8 Å². The van der Waals surface area contributed by atoms with Crippen LogP contribution in [0, 0.1) is 11.8 Å². The number of allylic oxidation sites excluding steroid dienone is 1. The molecule has 0 aliphatic rings. The molecule has 24 heavy (non-hydrogen) atoms. The van der Waals surface area contributed by atoms with Crippen LogP contribution in [-0.4, -0.2) is 18.5 Å². The summed E-state index contributed by atoms with van der Waals surface area (Å²) in [5, 5.41) is 10.8. The van der Waals surface area contributed by atoms with Crippen LogP contribution in [0.15, 0.2) is 12.2 Å². The molecule has 140 valence electrons. The molecule has 0 spiro atoms. The molecule has 0 N–H and O–H groups in total. The maximum atomic E-state index is 11.9. The Hall–Kier alpha value is -1.32. The Morgan fingerprint density at radius 2 is 1.58 bits per heavy atom. The third-order valence-corrected chi connectivity index (χ3v) is 3.84. The summed E-state index contributed by atoms with van der Waals surface area (Å²) in [6.45, 7) is 6.42. The zero-order valence-corrected chi connectivity index (χ0v) is 15.7. The van der Waals surface area contributed by atoms with Crippen LogP contribution < -0.4 is 5.11 Å². The third-order valence-electron chi connectivity index (χ3n) is 3.84. The molecule has 4 nitrogen and oxygen atoms in total. The summed E-state index contributed by atoms with van der Waals surface area (Å²) >= 11 is 0. The molecule has 4 heteroatoms. The van der Waals surface area contributed by atoms with Crippen molar-refractivity contribution in [3.8, 4) is 0 Å². The van der Waals surface area contributed by atoms with Crippen molar-refractivity contribution in [1.29, 1.82) is 0 Å². The van der Waals surface area contributed by atoms with Gasteiger partial charge < -0.3 is 14.6 Å². The van der Waals surface area contributed by atoms with Gasteiger partial charge in [0, 0.05) is 12.4 Å². The largest absolute Gasteiger partial charge is 0.550 e. The summed E-state index contributed by atoms with van der Waals surface area (Å²) in [5.74, 6) is -2.19. The van der Waals surface area contributed by atoms with Crippen molar-refractivity contribution in [2.75, 3.05) is 6.61 Å². The lowest BCUT2D eigenvalue weighted by Crippen LogP contribution is -2.29. The summed E-state index contributed by atoms with van der Waals surface area (Å²) < 4.78 is 5.13. The maximum Gasteiger partial charge on any atom is 0.313 e. The van der Waals surface area contributed by atoms with E-state index in [4.69, 9.17) is 4.74 Å². The summed E-state index contributed by atoms with van der Waals surface area (Å²) in [5.41, 5.74) is 0. The second-order valence-electron chi connectivity index (χ2n) is 6.90. The number of carbonyl (C=O) groups is 2. The van der Waals surface area contributed by atoms with E-state index in [2.05, 4.69) is 6.92 Å². The molecule has 0 heterocycles. The van der Waals surface area contributed by atoms with Gasteiger partial charge in [0.1, 0.15) is 0 Å². The van der Waals surface area contributed by atoms with E-state index in [1.54, 1.807) is 6.08 Å². The van der Waals surface area contributed by atoms with E-state index in [-0.39, 0.29) is 12.3 Å². The molecule has 0 aromatic heterocycles. The highest BCUT2D eigenvalue weighted by Crippen LogP contribution is 2.12. The molecule has 0 bridgehead atoms. The number of hydrogen-bond acceptors (Lipinski definition) is 4. The van der Waals surface area contributed by atoms with Gasteiger partial charge in [0.2, 0.25) is 0 Å². The minimum Gasteiger partial charge on any atom is -0.550 e. The van der Waals surface area contributed by atoms with Gasteiger partial charge in [-0.15, -0.1) is 0 Å². The van der Waals surface area contributed by atoms with Gasteiger partial charge in [-0.2, -0.15) is 0 Å². The van der Waals surface area contributed by atoms with E-state index in [1.807, 2.05) is 19.9 Å². The highest BCUT2D eigenvalue weighted by molar-refractivity contribution is 5.80. The van der Waals surface area contributed by atoms with Crippen LogP contribution in [-0.2, 0) is 14.3 Å². The molecule has 1 unspecified atom stereocenters. The number of carboxylic acids is 1. The lowest BCUT2D eigenvalue weighted by atomic mass is 10.0. The second kappa shape index (κ2) is 15.2. The van der Waals surface area contributed by atoms with E-state index in [0.29, 0.717) is 6.61 Å². The van der Waals surface area contributed by atoms with Crippen LogP contribution in [0.2, 0.25) is 0 Å². The van der Waals surface area contributed by atoms with E-state index in [9.17, 15) is 14.7 Å². The monoisotopic (exact) mass is 339 g/mol. The van der Waals surface area contributed by atoms with E-state index in [0.717, 1.165) is 12.8 Å². The second-order valence-corrected chi connectivity index (χ2v) is 6.90. The minimum atomic E-state index is -1.22. The van der Waals surface area contributed by atoms with Crippen LogP contribution in [0.25, 0.3) is 0 Å². The van der Waals surface area contributed by atoms with Gasteiger partial charge >= 0.3 is 5.97 Å². The number of rotatable bonds is 15. The van der Waals surface area contributed by atoms with Crippen molar-refractivity contribution in [2.24, 2.45) is 11.8 Å². The number of carbonyl (C=O) groups excluding carboxylic acids is 2. The normalized spacial score (nSPS) is 12.7. The summed E-state index contributed by atoms with van der Waals surface area (Å²) in [6, 6.07) is 0. The molecule has 0 rings (SSSR count). The molecule has 0 fully saturated rings. The zero-order chi connectivity index (χ0) is 18.2. The topological polar surface area (TPSA) is 66.4 Å². The van der Waals surface area contributed by atoms with Crippen molar-refractivity contribution in [1.82, 2.24) is 0 Å². The summed E-state index contributed by atoms with van der Waals surface area (Å²) in [6.07, 6.45) is 14.2. The SMILES string of the molecule is CCCCCCCCCCC=CC(CC(=O)[O-])C(=O)OCC(C)C. The van der Waals surface area contributed by atoms with Gasteiger partial charge in [0.15, 0.2) is 0 Å². The van der Waals surface area contributed by atoms with Crippen molar-refractivity contribution in [2.45, 2.75) is 85.0 Å². The smallest absolute Gasteiger partial charge is 0.313 e. The molecule has 1 atom stereocenters. The average Bonchev–Trinajstić information content (AvgIpc) is 2.52. The number of ether oxygens (including phenoxy) is 1.